The topological polar surface area (TPSA) is 25.4 Å². The fourth-order valence-electron chi connectivity index (χ4n) is 1.22. The highest BCUT2D eigenvalue weighted by molar-refractivity contribution is 6.29. The van der Waals surface area contributed by atoms with Gasteiger partial charge in [-0.25, -0.2) is 4.98 Å². The fraction of sp³-hybridized carbons (Fsp3) is 0.375. The van der Waals surface area contributed by atoms with E-state index in [0.717, 1.165) is 18.0 Å². The summed E-state index contributed by atoms with van der Waals surface area (Å²) in [6.07, 6.45) is 1.73. The van der Waals surface area contributed by atoms with Crippen LogP contribution in [0.1, 0.15) is 0 Å². The molecular formula is C8H9ClN2O. The van der Waals surface area contributed by atoms with E-state index in [-0.39, 0.29) is 0 Å². The van der Waals surface area contributed by atoms with Crippen molar-refractivity contribution in [3.8, 4) is 5.75 Å². The molecule has 1 aromatic heterocycles. The zero-order valence-electron chi connectivity index (χ0n) is 6.75. The molecule has 0 unspecified atom stereocenters. The molecule has 0 aromatic carbocycles. The molecule has 2 heterocycles. The van der Waals surface area contributed by atoms with E-state index in [1.165, 1.54) is 0 Å². The van der Waals surface area contributed by atoms with Crippen LogP contribution in [0.5, 0.6) is 5.75 Å². The number of likely N-dealkylation sites (N-methyl/N-ethyl adjacent to an activating group) is 1. The van der Waals surface area contributed by atoms with E-state index < -0.39 is 0 Å². The van der Waals surface area contributed by atoms with Gasteiger partial charge in [0.15, 0.2) is 0 Å². The van der Waals surface area contributed by atoms with Gasteiger partial charge in [0.25, 0.3) is 0 Å². The molecule has 1 aliphatic rings. The van der Waals surface area contributed by atoms with Crippen LogP contribution in [0.4, 0.5) is 5.69 Å². The Balaban J connectivity index is 2.46. The SMILES string of the molecule is CN1CCOc2cc(Cl)ncc21. The summed E-state index contributed by atoms with van der Waals surface area (Å²) in [6, 6.07) is 1.74. The van der Waals surface area contributed by atoms with E-state index in [1.54, 1.807) is 12.3 Å². The second-order valence-corrected chi connectivity index (χ2v) is 3.13. The second-order valence-electron chi connectivity index (χ2n) is 2.74. The molecule has 1 aliphatic heterocycles. The Morgan fingerprint density at radius 2 is 2.50 bits per heavy atom. The van der Waals surface area contributed by atoms with Gasteiger partial charge in [0.1, 0.15) is 17.5 Å². The van der Waals surface area contributed by atoms with Crippen molar-refractivity contribution < 1.29 is 4.74 Å². The van der Waals surface area contributed by atoms with Gasteiger partial charge in [-0.2, -0.15) is 0 Å². The quantitative estimate of drug-likeness (QED) is 0.573. The minimum Gasteiger partial charge on any atom is -0.489 e. The Hall–Kier alpha value is -0.960. The number of anilines is 1. The average molecular weight is 185 g/mol. The van der Waals surface area contributed by atoms with Crippen molar-refractivity contribution in [2.75, 3.05) is 25.1 Å². The van der Waals surface area contributed by atoms with E-state index in [0.29, 0.717) is 11.8 Å². The summed E-state index contributed by atoms with van der Waals surface area (Å²) in [7, 11) is 2.01. The normalized spacial score (nSPS) is 15.3. The van der Waals surface area contributed by atoms with Crippen molar-refractivity contribution in [3.05, 3.63) is 17.4 Å². The lowest BCUT2D eigenvalue weighted by Gasteiger charge is -2.26. The van der Waals surface area contributed by atoms with Crippen LogP contribution in [0.25, 0.3) is 0 Å². The Bertz CT molecular complexity index is 303. The minimum atomic E-state index is 0.476. The van der Waals surface area contributed by atoms with Gasteiger partial charge in [-0.3, -0.25) is 0 Å². The third-order valence-corrected chi connectivity index (χ3v) is 2.12. The summed E-state index contributed by atoms with van der Waals surface area (Å²) >= 11 is 5.71. The standard InChI is InChI=1S/C8H9ClN2O/c1-11-2-3-12-7-4-8(9)10-5-6(7)11/h4-5H,2-3H2,1H3. The van der Waals surface area contributed by atoms with Crippen LogP contribution in [-0.2, 0) is 0 Å². The zero-order chi connectivity index (χ0) is 8.55. The van der Waals surface area contributed by atoms with E-state index in [9.17, 15) is 0 Å². The lowest BCUT2D eigenvalue weighted by Crippen LogP contribution is -2.28. The highest BCUT2D eigenvalue weighted by atomic mass is 35.5. The van der Waals surface area contributed by atoms with Crippen LogP contribution < -0.4 is 9.64 Å². The first kappa shape index (κ1) is 7.68. The van der Waals surface area contributed by atoms with E-state index >= 15 is 0 Å². The zero-order valence-corrected chi connectivity index (χ0v) is 7.51. The number of rotatable bonds is 0. The molecule has 2 rings (SSSR count). The molecule has 0 bridgehead atoms. The summed E-state index contributed by atoms with van der Waals surface area (Å²) in [4.78, 5) is 6.09. The maximum Gasteiger partial charge on any atom is 0.147 e. The Kier molecular flexibility index (Phi) is 1.81. The van der Waals surface area contributed by atoms with Gasteiger partial charge >= 0.3 is 0 Å². The number of pyridine rings is 1. The molecule has 0 N–H and O–H groups in total. The maximum absolute atomic E-state index is 5.71. The number of ether oxygens (including phenoxy) is 1. The first-order valence-electron chi connectivity index (χ1n) is 3.77. The molecule has 0 saturated carbocycles. The first-order valence-corrected chi connectivity index (χ1v) is 4.14. The number of halogens is 1. The summed E-state index contributed by atoms with van der Waals surface area (Å²) < 4.78 is 5.41. The number of hydrogen-bond donors (Lipinski definition) is 0. The Morgan fingerprint density at radius 3 is 3.33 bits per heavy atom. The average Bonchev–Trinajstić information content (AvgIpc) is 2.04. The van der Waals surface area contributed by atoms with Crippen molar-refractivity contribution in [2.24, 2.45) is 0 Å². The molecule has 0 atom stereocenters. The van der Waals surface area contributed by atoms with Crippen LogP contribution in [-0.4, -0.2) is 25.2 Å². The number of nitrogens with zero attached hydrogens (tertiary/aromatic N) is 2. The highest BCUT2D eigenvalue weighted by Crippen LogP contribution is 2.31. The molecular weight excluding hydrogens is 176 g/mol. The molecule has 0 amide bonds. The van der Waals surface area contributed by atoms with Crippen LogP contribution >= 0.6 is 11.6 Å². The van der Waals surface area contributed by atoms with Gasteiger partial charge < -0.3 is 9.64 Å². The second kappa shape index (κ2) is 2.83. The van der Waals surface area contributed by atoms with Crippen molar-refractivity contribution in [2.45, 2.75) is 0 Å². The number of aromatic nitrogens is 1. The predicted octanol–water partition coefficient (Wildman–Crippen LogP) is 1.56. The molecule has 0 fully saturated rings. The van der Waals surface area contributed by atoms with Gasteiger partial charge in [0.05, 0.1) is 18.4 Å². The van der Waals surface area contributed by atoms with E-state index in [1.807, 2.05) is 7.05 Å². The van der Waals surface area contributed by atoms with Crippen LogP contribution in [0.2, 0.25) is 5.15 Å². The maximum atomic E-state index is 5.71. The summed E-state index contributed by atoms with van der Waals surface area (Å²) in [6.45, 7) is 1.61. The van der Waals surface area contributed by atoms with Crippen molar-refractivity contribution >= 4 is 17.3 Å². The van der Waals surface area contributed by atoms with Crippen molar-refractivity contribution in [1.29, 1.82) is 0 Å². The molecule has 4 heteroatoms. The molecule has 0 saturated heterocycles. The van der Waals surface area contributed by atoms with Gasteiger partial charge in [-0.15, -0.1) is 0 Å². The minimum absolute atomic E-state index is 0.476. The van der Waals surface area contributed by atoms with Crippen LogP contribution in [0, 0.1) is 0 Å². The highest BCUT2D eigenvalue weighted by Gasteiger charge is 2.14. The first-order chi connectivity index (χ1) is 5.77. The van der Waals surface area contributed by atoms with Crippen LogP contribution in [0.3, 0.4) is 0 Å². The molecule has 0 aliphatic carbocycles. The lowest BCUT2D eigenvalue weighted by molar-refractivity contribution is 0.311. The van der Waals surface area contributed by atoms with Crippen molar-refractivity contribution in [3.63, 3.8) is 0 Å². The largest absolute Gasteiger partial charge is 0.489 e. The third-order valence-electron chi connectivity index (χ3n) is 1.91. The van der Waals surface area contributed by atoms with Gasteiger partial charge in [0, 0.05) is 13.1 Å². The molecule has 1 aromatic rings. The molecule has 0 radical (unpaired) electrons. The van der Waals surface area contributed by atoms with E-state index in [2.05, 4.69) is 9.88 Å². The summed E-state index contributed by atoms with van der Waals surface area (Å²) in [5, 5.41) is 0.476. The molecule has 12 heavy (non-hydrogen) atoms. The predicted molar refractivity (Wildman–Crippen MR) is 48.0 cm³/mol. The van der Waals surface area contributed by atoms with Gasteiger partial charge in [-0.05, 0) is 0 Å². The number of hydrogen-bond acceptors (Lipinski definition) is 3. The molecule has 3 nitrogen and oxygen atoms in total. The molecule has 0 spiro atoms. The van der Waals surface area contributed by atoms with Gasteiger partial charge in [-0.1, -0.05) is 11.6 Å². The number of fused-ring (bicyclic) bond motifs is 1. The van der Waals surface area contributed by atoms with Crippen molar-refractivity contribution in [1.82, 2.24) is 4.98 Å². The Morgan fingerprint density at radius 1 is 1.67 bits per heavy atom. The third kappa shape index (κ3) is 1.20. The molecule has 64 valence electrons. The lowest BCUT2D eigenvalue weighted by atomic mass is 10.3. The Labute approximate surface area is 75.9 Å². The summed E-state index contributed by atoms with van der Waals surface area (Å²) in [5.41, 5.74) is 1.01. The van der Waals surface area contributed by atoms with E-state index in [4.69, 9.17) is 16.3 Å². The summed E-state index contributed by atoms with van der Waals surface area (Å²) in [5.74, 6) is 0.823. The van der Waals surface area contributed by atoms with Crippen LogP contribution in [0.15, 0.2) is 12.3 Å². The smallest absolute Gasteiger partial charge is 0.147 e. The fourth-order valence-corrected chi connectivity index (χ4v) is 1.37. The van der Waals surface area contributed by atoms with Gasteiger partial charge in [0.2, 0.25) is 0 Å². The monoisotopic (exact) mass is 184 g/mol.